The monoisotopic (exact) mass is 221 g/mol. The Morgan fingerprint density at radius 1 is 1.19 bits per heavy atom. The third kappa shape index (κ3) is 2.65. The number of nitrogens with two attached hydrogens (primary N) is 1. The molecular formula is C12H19N3O. The van der Waals surface area contributed by atoms with Gasteiger partial charge >= 0.3 is 0 Å². The number of phenols is 1. The van der Waals surface area contributed by atoms with Crippen molar-refractivity contribution in [2.45, 2.75) is 0 Å². The van der Waals surface area contributed by atoms with Crippen LogP contribution in [0.2, 0.25) is 0 Å². The topological polar surface area (TPSA) is 52.7 Å². The van der Waals surface area contributed by atoms with Crippen LogP contribution in [0, 0.1) is 0 Å². The Bertz CT molecular complexity index is 335. The molecule has 0 saturated carbocycles. The Balaban J connectivity index is 1.94. The van der Waals surface area contributed by atoms with Crippen molar-refractivity contribution in [1.82, 2.24) is 4.90 Å². The summed E-state index contributed by atoms with van der Waals surface area (Å²) in [7, 11) is 0. The predicted molar refractivity (Wildman–Crippen MR) is 65.8 cm³/mol. The Morgan fingerprint density at radius 3 is 2.56 bits per heavy atom. The predicted octanol–water partition coefficient (Wildman–Crippen LogP) is 0.473. The highest BCUT2D eigenvalue weighted by Crippen LogP contribution is 2.20. The van der Waals surface area contributed by atoms with E-state index in [1.54, 1.807) is 6.07 Å². The molecule has 1 heterocycles. The summed E-state index contributed by atoms with van der Waals surface area (Å²) in [5.74, 6) is 0.335. The van der Waals surface area contributed by atoms with Crippen molar-refractivity contribution in [3.05, 3.63) is 24.3 Å². The zero-order chi connectivity index (χ0) is 11.4. The summed E-state index contributed by atoms with van der Waals surface area (Å²) in [5, 5.41) is 9.43. The van der Waals surface area contributed by atoms with Gasteiger partial charge in [-0.15, -0.1) is 0 Å². The number of hydrogen-bond acceptors (Lipinski definition) is 4. The van der Waals surface area contributed by atoms with Crippen LogP contribution in [0.4, 0.5) is 5.69 Å². The molecule has 1 aromatic carbocycles. The van der Waals surface area contributed by atoms with Crippen molar-refractivity contribution in [3.63, 3.8) is 0 Å². The average molecular weight is 221 g/mol. The van der Waals surface area contributed by atoms with Crippen molar-refractivity contribution >= 4 is 5.69 Å². The summed E-state index contributed by atoms with van der Waals surface area (Å²) in [5.41, 5.74) is 6.64. The van der Waals surface area contributed by atoms with Crippen LogP contribution in [-0.4, -0.2) is 49.3 Å². The molecule has 0 amide bonds. The summed E-state index contributed by atoms with van der Waals surface area (Å²) >= 11 is 0. The SMILES string of the molecule is NCCN1CCN(c2cccc(O)c2)CC1. The first-order valence-electron chi connectivity index (χ1n) is 5.76. The smallest absolute Gasteiger partial charge is 0.117 e. The summed E-state index contributed by atoms with van der Waals surface area (Å²) in [6, 6.07) is 7.45. The number of hydrogen-bond donors (Lipinski definition) is 2. The molecule has 0 unspecified atom stereocenters. The van der Waals surface area contributed by atoms with Crippen LogP contribution in [0.1, 0.15) is 0 Å². The fraction of sp³-hybridized carbons (Fsp3) is 0.500. The lowest BCUT2D eigenvalue weighted by Gasteiger charge is -2.35. The van der Waals surface area contributed by atoms with Crippen LogP contribution in [0.25, 0.3) is 0 Å². The molecule has 1 aliphatic heterocycles. The van der Waals surface area contributed by atoms with Gasteiger partial charge < -0.3 is 15.7 Å². The standard InChI is InChI=1S/C12H19N3O/c13-4-5-14-6-8-15(9-7-14)11-2-1-3-12(16)10-11/h1-3,10,16H,4-9,13H2. The summed E-state index contributed by atoms with van der Waals surface area (Å²) in [6.07, 6.45) is 0. The molecule has 1 aliphatic rings. The van der Waals surface area contributed by atoms with Crippen LogP contribution in [0.15, 0.2) is 24.3 Å². The molecule has 1 fully saturated rings. The highest BCUT2D eigenvalue weighted by molar-refractivity contribution is 5.50. The van der Waals surface area contributed by atoms with Crippen LogP contribution in [0.3, 0.4) is 0 Å². The number of rotatable bonds is 3. The maximum Gasteiger partial charge on any atom is 0.117 e. The quantitative estimate of drug-likeness (QED) is 0.779. The average Bonchev–Trinajstić information content (AvgIpc) is 2.30. The van der Waals surface area contributed by atoms with Gasteiger partial charge in [0.05, 0.1) is 0 Å². The van der Waals surface area contributed by atoms with E-state index in [9.17, 15) is 5.11 Å². The van der Waals surface area contributed by atoms with Gasteiger partial charge in [-0.1, -0.05) is 6.07 Å². The van der Waals surface area contributed by atoms with E-state index in [1.807, 2.05) is 18.2 Å². The molecule has 16 heavy (non-hydrogen) atoms. The van der Waals surface area contributed by atoms with Crippen molar-refractivity contribution < 1.29 is 5.11 Å². The molecule has 0 bridgehead atoms. The van der Waals surface area contributed by atoms with E-state index in [4.69, 9.17) is 5.73 Å². The minimum absolute atomic E-state index is 0.335. The molecule has 0 aromatic heterocycles. The van der Waals surface area contributed by atoms with E-state index in [2.05, 4.69) is 9.80 Å². The van der Waals surface area contributed by atoms with E-state index < -0.39 is 0 Å². The first-order chi connectivity index (χ1) is 7.79. The number of benzene rings is 1. The second-order valence-corrected chi connectivity index (χ2v) is 4.14. The Labute approximate surface area is 96.3 Å². The summed E-state index contributed by atoms with van der Waals surface area (Å²) in [6.45, 7) is 5.81. The number of phenolic OH excluding ortho intramolecular Hbond substituents is 1. The fourth-order valence-corrected chi connectivity index (χ4v) is 2.10. The van der Waals surface area contributed by atoms with Gasteiger partial charge in [-0.3, -0.25) is 4.90 Å². The van der Waals surface area contributed by atoms with E-state index in [0.717, 1.165) is 45.0 Å². The molecule has 0 spiro atoms. The van der Waals surface area contributed by atoms with Crippen molar-refractivity contribution in [2.24, 2.45) is 5.73 Å². The minimum atomic E-state index is 0.335. The maximum atomic E-state index is 9.43. The molecule has 2 rings (SSSR count). The zero-order valence-electron chi connectivity index (χ0n) is 9.47. The highest BCUT2D eigenvalue weighted by atomic mass is 16.3. The third-order valence-electron chi connectivity index (χ3n) is 3.01. The third-order valence-corrected chi connectivity index (χ3v) is 3.01. The van der Waals surface area contributed by atoms with E-state index in [-0.39, 0.29) is 0 Å². The lowest BCUT2D eigenvalue weighted by molar-refractivity contribution is 0.265. The molecule has 0 aliphatic carbocycles. The zero-order valence-corrected chi connectivity index (χ0v) is 9.47. The molecular weight excluding hydrogens is 202 g/mol. The molecule has 1 aromatic rings. The summed E-state index contributed by atoms with van der Waals surface area (Å²) in [4.78, 5) is 4.67. The van der Waals surface area contributed by atoms with Gasteiger partial charge in [-0.2, -0.15) is 0 Å². The number of aromatic hydroxyl groups is 1. The Kier molecular flexibility index (Phi) is 3.64. The lowest BCUT2D eigenvalue weighted by atomic mass is 10.2. The molecule has 0 atom stereocenters. The maximum absolute atomic E-state index is 9.43. The molecule has 0 radical (unpaired) electrons. The first kappa shape index (κ1) is 11.2. The molecule has 4 heteroatoms. The Hall–Kier alpha value is -1.26. The summed E-state index contributed by atoms with van der Waals surface area (Å²) < 4.78 is 0. The van der Waals surface area contributed by atoms with Gasteiger partial charge in [0.15, 0.2) is 0 Å². The van der Waals surface area contributed by atoms with Gasteiger partial charge in [0.2, 0.25) is 0 Å². The van der Waals surface area contributed by atoms with Crippen molar-refractivity contribution in [2.75, 3.05) is 44.2 Å². The largest absolute Gasteiger partial charge is 0.508 e. The highest BCUT2D eigenvalue weighted by Gasteiger charge is 2.16. The Morgan fingerprint density at radius 2 is 1.94 bits per heavy atom. The number of anilines is 1. The number of piperazine rings is 1. The second kappa shape index (κ2) is 5.18. The van der Waals surface area contributed by atoms with Crippen molar-refractivity contribution in [1.29, 1.82) is 0 Å². The van der Waals surface area contributed by atoms with Crippen LogP contribution in [0.5, 0.6) is 5.75 Å². The van der Waals surface area contributed by atoms with Crippen LogP contribution in [-0.2, 0) is 0 Å². The van der Waals surface area contributed by atoms with Crippen LogP contribution < -0.4 is 10.6 Å². The van der Waals surface area contributed by atoms with E-state index in [0.29, 0.717) is 5.75 Å². The van der Waals surface area contributed by atoms with Crippen LogP contribution >= 0.6 is 0 Å². The molecule has 1 saturated heterocycles. The lowest BCUT2D eigenvalue weighted by Crippen LogP contribution is -2.47. The van der Waals surface area contributed by atoms with Gasteiger partial charge in [0, 0.05) is 51.0 Å². The van der Waals surface area contributed by atoms with Gasteiger partial charge in [-0.05, 0) is 12.1 Å². The normalized spacial score (nSPS) is 17.7. The van der Waals surface area contributed by atoms with E-state index in [1.165, 1.54) is 0 Å². The molecule has 88 valence electrons. The minimum Gasteiger partial charge on any atom is -0.508 e. The van der Waals surface area contributed by atoms with Gasteiger partial charge in [-0.25, -0.2) is 0 Å². The van der Waals surface area contributed by atoms with E-state index >= 15 is 0 Å². The molecule has 3 N–H and O–H groups in total. The van der Waals surface area contributed by atoms with Gasteiger partial charge in [0.25, 0.3) is 0 Å². The molecule has 4 nitrogen and oxygen atoms in total. The second-order valence-electron chi connectivity index (χ2n) is 4.14. The van der Waals surface area contributed by atoms with Gasteiger partial charge in [0.1, 0.15) is 5.75 Å². The fourth-order valence-electron chi connectivity index (χ4n) is 2.10. The van der Waals surface area contributed by atoms with Crippen molar-refractivity contribution in [3.8, 4) is 5.75 Å². The number of nitrogens with zero attached hydrogens (tertiary/aromatic N) is 2. The first-order valence-corrected chi connectivity index (χ1v) is 5.76.